The predicted octanol–water partition coefficient (Wildman–Crippen LogP) is 3.60. The molecule has 4 aromatic rings. The van der Waals surface area contributed by atoms with Crippen LogP contribution in [0, 0.1) is 5.82 Å². The van der Waals surface area contributed by atoms with Gasteiger partial charge in [0.25, 0.3) is 0 Å². The van der Waals surface area contributed by atoms with E-state index in [0.29, 0.717) is 17.0 Å². The molecule has 0 aliphatic carbocycles. The van der Waals surface area contributed by atoms with Crippen LogP contribution < -0.4 is 5.32 Å². The Morgan fingerprint density at radius 1 is 1.10 bits per heavy atom. The molecular formula is C15H11FN4O. The third kappa shape index (κ3) is 1.92. The zero-order chi connectivity index (χ0) is 14.4. The van der Waals surface area contributed by atoms with Gasteiger partial charge in [0.1, 0.15) is 11.3 Å². The van der Waals surface area contributed by atoms with Crippen LogP contribution in [0.3, 0.4) is 0 Å². The number of hydrogen-bond acceptors (Lipinski definition) is 4. The van der Waals surface area contributed by atoms with Crippen LogP contribution in [0.5, 0.6) is 0 Å². The van der Waals surface area contributed by atoms with E-state index in [2.05, 4.69) is 15.3 Å². The maximum absolute atomic E-state index is 13.2. The van der Waals surface area contributed by atoms with Gasteiger partial charge in [0, 0.05) is 13.1 Å². The molecule has 0 unspecified atom stereocenters. The van der Waals surface area contributed by atoms with Crippen molar-refractivity contribution >= 4 is 34.1 Å². The summed E-state index contributed by atoms with van der Waals surface area (Å²) in [5.41, 5.74) is 2.88. The van der Waals surface area contributed by atoms with E-state index in [9.17, 15) is 4.39 Å². The fourth-order valence-corrected chi connectivity index (χ4v) is 2.30. The summed E-state index contributed by atoms with van der Waals surface area (Å²) in [7, 11) is 1.90. The fraction of sp³-hybridized carbons (Fsp3) is 0.0667. The predicted molar refractivity (Wildman–Crippen MR) is 78.0 cm³/mol. The first-order valence-electron chi connectivity index (χ1n) is 6.45. The van der Waals surface area contributed by atoms with Crippen LogP contribution >= 0.6 is 0 Å². The second-order valence-electron chi connectivity index (χ2n) is 4.74. The Balaban J connectivity index is 1.77. The van der Waals surface area contributed by atoms with Crippen LogP contribution in [-0.4, -0.2) is 14.5 Å². The van der Waals surface area contributed by atoms with Gasteiger partial charge in [-0.1, -0.05) is 12.1 Å². The highest BCUT2D eigenvalue weighted by molar-refractivity contribution is 5.80. The third-order valence-corrected chi connectivity index (χ3v) is 3.36. The van der Waals surface area contributed by atoms with E-state index < -0.39 is 0 Å². The molecule has 0 bridgehead atoms. The quantitative estimate of drug-likeness (QED) is 0.610. The molecule has 21 heavy (non-hydrogen) atoms. The zero-order valence-corrected chi connectivity index (χ0v) is 11.2. The van der Waals surface area contributed by atoms with E-state index in [0.717, 1.165) is 11.0 Å². The molecule has 0 saturated carbocycles. The van der Waals surface area contributed by atoms with Crippen molar-refractivity contribution in [1.82, 2.24) is 14.5 Å². The van der Waals surface area contributed by atoms with Crippen molar-refractivity contribution in [2.75, 3.05) is 5.32 Å². The Hall–Kier alpha value is -2.89. The molecule has 6 heteroatoms. The molecule has 4 rings (SSSR count). The minimum Gasteiger partial charge on any atom is -0.423 e. The Morgan fingerprint density at radius 2 is 1.95 bits per heavy atom. The minimum atomic E-state index is -0.354. The number of oxazole rings is 1. The van der Waals surface area contributed by atoms with Crippen LogP contribution in [0.1, 0.15) is 0 Å². The molecular weight excluding hydrogens is 271 g/mol. The highest BCUT2D eigenvalue weighted by Gasteiger charge is 2.11. The fourth-order valence-electron chi connectivity index (χ4n) is 2.30. The summed E-state index contributed by atoms with van der Waals surface area (Å²) in [6, 6.07) is 12.3. The molecule has 0 atom stereocenters. The number of aromatic nitrogens is 3. The first-order chi connectivity index (χ1) is 10.2. The number of rotatable bonds is 2. The number of imidazole rings is 1. The summed E-state index contributed by atoms with van der Waals surface area (Å²) in [5.74, 6) is 0.260. The number of hydrogen-bond donors (Lipinski definition) is 1. The topological polar surface area (TPSA) is 55.9 Å². The van der Waals surface area contributed by atoms with Crippen molar-refractivity contribution in [2.24, 2.45) is 7.05 Å². The molecule has 0 aliphatic heterocycles. The Morgan fingerprint density at radius 3 is 2.81 bits per heavy atom. The van der Waals surface area contributed by atoms with E-state index in [1.54, 1.807) is 6.07 Å². The molecule has 104 valence electrons. The molecule has 0 saturated heterocycles. The minimum absolute atomic E-state index is 0.286. The van der Waals surface area contributed by atoms with Crippen molar-refractivity contribution < 1.29 is 8.81 Å². The Bertz CT molecular complexity index is 957. The molecule has 5 nitrogen and oxygen atoms in total. The van der Waals surface area contributed by atoms with Gasteiger partial charge in [-0.15, -0.1) is 0 Å². The largest absolute Gasteiger partial charge is 0.423 e. The van der Waals surface area contributed by atoms with Crippen LogP contribution in [0.15, 0.2) is 46.9 Å². The number of benzene rings is 2. The second kappa shape index (κ2) is 4.31. The molecule has 2 aromatic heterocycles. The summed E-state index contributed by atoms with van der Waals surface area (Å²) in [6.07, 6.45) is 0. The van der Waals surface area contributed by atoms with E-state index >= 15 is 0 Å². The van der Waals surface area contributed by atoms with Crippen molar-refractivity contribution in [3.63, 3.8) is 0 Å². The van der Waals surface area contributed by atoms with Gasteiger partial charge < -0.3 is 8.98 Å². The molecule has 0 amide bonds. The molecule has 0 spiro atoms. The molecule has 0 aliphatic rings. The molecule has 2 heterocycles. The number of aryl methyl sites for hydroxylation is 1. The van der Waals surface area contributed by atoms with Crippen molar-refractivity contribution in [1.29, 1.82) is 0 Å². The Labute approximate surface area is 119 Å². The lowest BCUT2D eigenvalue weighted by atomic mass is 10.3. The summed E-state index contributed by atoms with van der Waals surface area (Å²) >= 11 is 0. The van der Waals surface area contributed by atoms with Crippen molar-refractivity contribution in [2.45, 2.75) is 0 Å². The first kappa shape index (κ1) is 11.9. The van der Waals surface area contributed by atoms with Gasteiger partial charge in [0.15, 0.2) is 5.58 Å². The standard InChI is InChI=1S/C15H11FN4O/c1-20-12-5-3-2-4-10(12)17-14(20)19-15-18-11-7-6-9(16)8-13(11)21-15/h2-8H,1H3,(H,17,18,19). The van der Waals surface area contributed by atoms with Gasteiger partial charge in [-0.3, -0.25) is 5.32 Å². The van der Waals surface area contributed by atoms with Crippen LogP contribution in [0.25, 0.3) is 22.1 Å². The zero-order valence-electron chi connectivity index (χ0n) is 11.2. The monoisotopic (exact) mass is 282 g/mol. The lowest BCUT2D eigenvalue weighted by Crippen LogP contribution is -1.98. The van der Waals surface area contributed by atoms with Gasteiger partial charge >= 0.3 is 6.01 Å². The number of nitrogens with one attached hydrogen (secondary N) is 1. The maximum Gasteiger partial charge on any atom is 0.302 e. The average Bonchev–Trinajstić information content (AvgIpc) is 3.01. The van der Waals surface area contributed by atoms with Crippen LogP contribution in [-0.2, 0) is 7.05 Å². The van der Waals surface area contributed by atoms with E-state index in [1.807, 2.05) is 35.9 Å². The van der Waals surface area contributed by atoms with E-state index in [-0.39, 0.29) is 11.8 Å². The summed E-state index contributed by atoms with van der Waals surface area (Å²) < 4.78 is 20.5. The van der Waals surface area contributed by atoms with E-state index in [1.165, 1.54) is 12.1 Å². The van der Waals surface area contributed by atoms with Crippen molar-refractivity contribution in [3.8, 4) is 0 Å². The number of anilines is 2. The normalized spacial score (nSPS) is 11.3. The second-order valence-corrected chi connectivity index (χ2v) is 4.74. The van der Waals surface area contributed by atoms with Crippen LogP contribution in [0.4, 0.5) is 16.4 Å². The number of halogens is 1. The molecule has 0 fully saturated rings. The first-order valence-corrected chi connectivity index (χ1v) is 6.45. The van der Waals surface area contributed by atoms with Gasteiger partial charge in [0.2, 0.25) is 5.95 Å². The third-order valence-electron chi connectivity index (χ3n) is 3.36. The summed E-state index contributed by atoms with van der Waals surface area (Å²) in [4.78, 5) is 8.74. The number of fused-ring (bicyclic) bond motifs is 2. The van der Waals surface area contributed by atoms with Gasteiger partial charge in [-0.2, -0.15) is 4.98 Å². The summed E-state index contributed by atoms with van der Waals surface area (Å²) in [6.45, 7) is 0. The Kier molecular flexibility index (Phi) is 2.44. The highest BCUT2D eigenvalue weighted by Crippen LogP contribution is 2.24. The molecule has 1 N–H and O–H groups in total. The lowest BCUT2D eigenvalue weighted by molar-refractivity contribution is 0.603. The number of nitrogens with zero attached hydrogens (tertiary/aromatic N) is 3. The van der Waals surface area contributed by atoms with Gasteiger partial charge in [-0.25, -0.2) is 9.37 Å². The van der Waals surface area contributed by atoms with Crippen LogP contribution in [0.2, 0.25) is 0 Å². The highest BCUT2D eigenvalue weighted by atomic mass is 19.1. The number of para-hydroxylation sites is 2. The molecule has 2 aromatic carbocycles. The SMILES string of the molecule is Cn1c(Nc2nc3ccc(F)cc3o2)nc2ccccc21. The molecule has 0 radical (unpaired) electrons. The van der Waals surface area contributed by atoms with E-state index in [4.69, 9.17) is 4.42 Å². The van der Waals surface area contributed by atoms with Crippen molar-refractivity contribution in [3.05, 3.63) is 48.3 Å². The smallest absolute Gasteiger partial charge is 0.302 e. The maximum atomic E-state index is 13.2. The summed E-state index contributed by atoms with van der Waals surface area (Å²) in [5, 5.41) is 3.02. The average molecular weight is 282 g/mol. The van der Waals surface area contributed by atoms with Gasteiger partial charge in [-0.05, 0) is 24.3 Å². The lowest BCUT2D eigenvalue weighted by Gasteiger charge is -2.01. The van der Waals surface area contributed by atoms with Gasteiger partial charge in [0.05, 0.1) is 11.0 Å².